The zero-order chi connectivity index (χ0) is 15.7. The number of carbonyl (C=O) groups is 2. The van der Waals surface area contributed by atoms with Crippen molar-refractivity contribution in [3.63, 3.8) is 0 Å². The van der Waals surface area contributed by atoms with E-state index in [9.17, 15) is 14.7 Å². The maximum Gasteiger partial charge on any atom is 0.314 e. The molecule has 0 radical (unpaired) electrons. The van der Waals surface area contributed by atoms with E-state index in [1.165, 1.54) is 0 Å². The van der Waals surface area contributed by atoms with E-state index in [-0.39, 0.29) is 6.42 Å². The van der Waals surface area contributed by atoms with Gasteiger partial charge in [0.1, 0.15) is 5.41 Å². The Labute approximate surface area is 125 Å². The van der Waals surface area contributed by atoms with Crippen LogP contribution in [0.2, 0.25) is 0 Å². The monoisotopic (exact) mass is 292 g/mol. The molecule has 0 saturated heterocycles. The maximum absolute atomic E-state index is 11.8. The van der Waals surface area contributed by atoms with E-state index in [2.05, 4.69) is 6.92 Å². The fourth-order valence-corrected chi connectivity index (χ4v) is 2.69. The molecule has 1 aromatic rings. The summed E-state index contributed by atoms with van der Waals surface area (Å²) in [5.41, 5.74) is -0.741. The number of rotatable bonds is 10. The van der Waals surface area contributed by atoms with Crippen molar-refractivity contribution in [3.8, 4) is 0 Å². The molecule has 21 heavy (non-hydrogen) atoms. The standard InChI is InChI=1S/C17H24O4/c1-2-3-4-5-9-12-17(16(20)21,13-15(18)19)14-10-7-6-8-11-14/h6-8,10-11H,2-5,9,12-13H2,1H3,(H,18,19)(H,20,21). The number of benzene rings is 1. The molecule has 0 fully saturated rings. The lowest BCUT2D eigenvalue weighted by molar-refractivity contribution is -0.151. The van der Waals surface area contributed by atoms with Gasteiger partial charge in [-0.15, -0.1) is 0 Å². The van der Waals surface area contributed by atoms with Crippen LogP contribution in [-0.4, -0.2) is 22.2 Å². The second-order valence-corrected chi connectivity index (χ2v) is 5.49. The Bertz CT molecular complexity index is 455. The summed E-state index contributed by atoms with van der Waals surface area (Å²) in [6.45, 7) is 2.12. The molecular formula is C17H24O4. The first-order chi connectivity index (χ1) is 10.0. The quantitative estimate of drug-likeness (QED) is 0.642. The van der Waals surface area contributed by atoms with Gasteiger partial charge in [0.15, 0.2) is 0 Å². The Morgan fingerprint density at radius 1 is 1.00 bits per heavy atom. The minimum Gasteiger partial charge on any atom is -0.481 e. The van der Waals surface area contributed by atoms with Gasteiger partial charge in [-0.25, -0.2) is 0 Å². The normalized spacial score (nSPS) is 13.6. The van der Waals surface area contributed by atoms with Gasteiger partial charge in [0.05, 0.1) is 6.42 Å². The van der Waals surface area contributed by atoms with E-state index >= 15 is 0 Å². The van der Waals surface area contributed by atoms with Crippen LogP contribution in [-0.2, 0) is 15.0 Å². The Hall–Kier alpha value is -1.84. The van der Waals surface area contributed by atoms with E-state index in [0.29, 0.717) is 12.0 Å². The van der Waals surface area contributed by atoms with E-state index in [4.69, 9.17) is 5.11 Å². The summed E-state index contributed by atoms with van der Waals surface area (Å²) in [6, 6.07) is 8.74. The number of carboxylic acids is 2. The molecule has 0 aliphatic rings. The minimum atomic E-state index is -1.32. The van der Waals surface area contributed by atoms with Crippen molar-refractivity contribution < 1.29 is 19.8 Å². The third-order valence-corrected chi connectivity index (χ3v) is 3.90. The summed E-state index contributed by atoms with van der Waals surface area (Å²) in [5, 5.41) is 18.8. The predicted octanol–water partition coefficient (Wildman–Crippen LogP) is 3.84. The molecule has 4 nitrogen and oxygen atoms in total. The first-order valence-corrected chi connectivity index (χ1v) is 7.53. The molecule has 0 aromatic heterocycles. The molecule has 0 amide bonds. The highest BCUT2D eigenvalue weighted by molar-refractivity contribution is 5.87. The number of unbranched alkanes of at least 4 members (excludes halogenated alkanes) is 4. The summed E-state index contributed by atoms with van der Waals surface area (Å²) in [6.07, 6.45) is 4.97. The fraction of sp³-hybridized carbons (Fsp3) is 0.529. The van der Waals surface area contributed by atoms with Gasteiger partial charge in [-0.2, -0.15) is 0 Å². The Morgan fingerprint density at radius 3 is 2.14 bits per heavy atom. The van der Waals surface area contributed by atoms with Crippen LogP contribution in [0.1, 0.15) is 57.4 Å². The molecule has 0 heterocycles. The van der Waals surface area contributed by atoms with Gasteiger partial charge in [0, 0.05) is 0 Å². The molecule has 2 N–H and O–H groups in total. The molecule has 0 saturated carbocycles. The molecule has 1 unspecified atom stereocenters. The molecule has 4 heteroatoms. The predicted molar refractivity (Wildman–Crippen MR) is 81.4 cm³/mol. The Kier molecular flexibility index (Phi) is 6.92. The summed E-state index contributed by atoms with van der Waals surface area (Å²) < 4.78 is 0. The van der Waals surface area contributed by atoms with Crippen LogP contribution < -0.4 is 0 Å². The lowest BCUT2D eigenvalue weighted by Gasteiger charge is -2.28. The molecule has 1 rings (SSSR count). The second kappa shape index (κ2) is 8.45. The van der Waals surface area contributed by atoms with Crippen LogP contribution in [0.15, 0.2) is 30.3 Å². The molecular weight excluding hydrogens is 268 g/mol. The van der Waals surface area contributed by atoms with Gasteiger partial charge in [-0.05, 0) is 12.0 Å². The average molecular weight is 292 g/mol. The highest BCUT2D eigenvalue weighted by Crippen LogP contribution is 2.34. The first-order valence-electron chi connectivity index (χ1n) is 7.53. The third kappa shape index (κ3) is 4.88. The van der Waals surface area contributed by atoms with E-state index in [1.807, 2.05) is 0 Å². The first kappa shape index (κ1) is 17.2. The average Bonchev–Trinajstić information content (AvgIpc) is 2.46. The Balaban J connectivity index is 2.91. The summed E-state index contributed by atoms with van der Waals surface area (Å²) in [7, 11) is 0. The van der Waals surface area contributed by atoms with E-state index in [0.717, 1.165) is 32.1 Å². The van der Waals surface area contributed by atoms with Crippen LogP contribution in [0, 0.1) is 0 Å². The maximum atomic E-state index is 11.8. The highest BCUT2D eigenvalue weighted by atomic mass is 16.4. The van der Waals surface area contributed by atoms with E-state index in [1.54, 1.807) is 30.3 Å². The smallest absolute Gasteiger partial charge is 0.314 e. The van der Waals surface area contributed by atoms with Gasteiger partial charge in [0.2, 0.25) is 0 Å². The van der Waals surface area contributed by atoms with Gasteiger partial charge in [-0.1, -0.05) is 69.4 Å². The molecule has 0 bridgehead atoms. The summed E-state index contributed by atoms with van der Waals surface area (Å²) in [5.74, 6) is -2.12. The van der Waals surface area contributed by atoms with Crippen molar-refractivity contribution in [2.45, 2.75) is 57.3 Å². The van der Waals surface area contributed by atoms with Gasteiger partial charge in [0.25, 0.3) is 0 Å². The second-order valence-electron chi connectivity index (χ2n) is 5.49. The molecule has 116 valence electrons. The van der Waals surface area contributed by atoms with Crippen molar-refractivity contribution in [1.82, 2.24) is 0 Å². The third-order valence-electron chi connectivity index (χ3n) is 3.90. The van der Waals surface area contributed by atoms with Gasteiger partial charge >= 0.3 is 11.9 Å². The van der Waals surface area contributed by atoms with Crippen LogP contribution in [0.3, 0.4) is 0 Å². The SMILES string of the molecule is CCCCCCCC(CC(=O)O)(C(=O)O)c1ccccc1. The lowest BCUT2D eigenvalue weighted by Crippen LogP contribution is -2.38. The molecule has 1 aromatic carbocycles. The van der Waals surface area contributed by atoms with Crippen LogP contribution in [0.25, 0.3) is 0 Å². The van der Waals surface area contributed by atoms with Crippen molar-refractivity contribution in [1.29, 1.82) is 0 Å². The van der Waals surface area contributed by atoms with Crippen molar-refractivity contribution in [3.05, 3.63) is 35.9 Å². The van der Waals surface area contributed by atoms with Gasteiger partial charge < -0.3 is 10.2 Å². The zero-order valence-corrected chi connectivity index (χ0v) is 12.5. The van der Waals surface area contributed by atoms with E-state index < -0.39 is 17.4 Å². The summed E-state index contributed by atoms with van der Waals surface area (Å²) >= 11 is 0. The minimum absolute atomic E-state index is 0.363. The topological polar surface area (TPSA) is 74.6 Å². The number of hydrogen-bond donors (Lipinski definition) is 2. The Morgan fingerprint density at radius 2 is 1.62 bits per heavy atom. The van der Waals surface area contributed by atoms with Crippen LogP contribution in [0.5, 0.6) is 0 Å². The number of aliphatic carboxylic acids is 2. The molecule has 0 aliphatic carbocycles. The summed E-state index contributed by atoms with van der Waals surface area (Å²) in [4.78, 5) is 23.0. The van der Waals surface area contributed by atoms with Crippen LogP contribution >= 0.6 is 0 Å². The zero-order valence-electron chi connectivity index (χ0n) is 12.5. The van der Waals surface area contributed by atoms with Crippen molar-refractivity contribution in [2.75, 3.05) is 0 Å². The molecule has 0 spiro atoms. The van der Waals surface area contributed by atoms with Gasteiger partial charge in [-0.3, -0.25) is 9.59 Å². The number of carboxylic acid groups (broad SMARTS) is 2. The molecule has 0 aliphatic heterocycles. The highest BCUT2D eigenvalue weighted by Gasteiger charge is 2.41. The number of hydrogen-bond acceptors (Lipinski definition) is 2. The fourth-order valence-electron chi connectivity index (χ4n) is 2.69. The molecule has 1 atom stereocenters. The van der Waals surface area contributed by atoms with Crippen LogP contribution in [0.4, 0.5) is 0 Å². The lowest BCUT2D eigenvalue weighted by atomic mass is 9.73. The van der Waals surface area contributed by atoms with Crippen molar-refractivity contribution in [2.24, 2.45) is 0 Å². The largest absolute Gasteiger partial charge is 0.481 e. The van der Waals surface area contributed by atoms with Crippen molar-refractivity contribution >= 4 is 11.9 Å².